The minimum absolute atomic E-state index is 0.117. The average Bonchev–Trinajstić information content (AvgIpc) is 3.30. The standard InChI is InChI=1S/C37H63NO28/c1-8-28(21(50)26(55)35(58-8)64-32-14(7-43)62-37(27(56)22(32)51)66-31-13(6-42)60-34(57)24(53)20(31)49)63-29-9(3-39)2-10(15(44)18(29)47)38-33-23(52)19(48)30(12(5-41)59-33)65-36-25(54)17(46)16(45)11(4-40)61-36/h2,8,10-57H,3-7H2,1H3/t8-,10+,11-,12-,13-,14-,15+,16-,17+,18-,19-,20-,21-,22-,23-,24-,25-,26-,27-,28-,29-,30-,31-,32-,33+,34+,35-,36-,37-/m1/s1. The van der Waals surface area contributed by atoms with Crippen LogP contribution in [-0.4, -0.2) is 308 Å². The molecule has 0 amide bonds. The molecule has 0 unspecified atom stereocenters. The molecule has 384 valence electrons. The van der Waals surface area contributed by atoms with Crippen LogP contribution in [0, 0.1) is 0 Å². The molecular weight excluding hydrogens is 906 g/mol. The lowest BCUT2D eigenvalue weighted by molar-refractivity contribution is -0.378. The summed E-state index contributed by atoms with van der Waals surface area (Å²) in [5.41, 5.74) is -0.117. The van der Waals surface area contributed by atoms with E-state index in [1.165, 1.54) is 13.0 Å². The van der Waals surface area contributed by atoms with Gasteiger partial charge in [0.05, 0.1) is 45.2 Å². The molecule has 29 nitrogen and oxygen atoms in total. The van der Waals surface area contributed by atoms with E-state index in [1.807, 2.05) is 0 Å². The monoisotopic (exact) mass is 969 g/mol. The van der Waals surface area contributed by atoms with E-state index in [4.69, 9.17) is 42.6 Å². The molecule has 29 heteroatoms. The second kappa shape index (κ2) is 22.8. The molecule has 0 saturated carbocycles. The smallest absolute Gasteiger partial charge is 0.187 e. The number of hydrogen-bond acceptors (Lipinski definition) is 29. The summed E-state index contributed by atoms with van der Waals surface area (Å²) in [5.74, 6) is 0. The highest BCUT2D eigenvalue weighted by atomic mass is 16.8. The number of aliphatic hydroxyl groups excluding tert-OH is 19. The first kappa shape index (κ1) is 53.9. The summed E-state index contributed by atoms with van der Waals surface area (Å²) in [4.78, 5) is 0. The van der Waals surface area contributed by atoms with Crippen molar-refractivity contribution in [3.05, 3.63) is 11.6 Å². The fraction of sp³-hybridized carbons (Fsp3) is 0.946. The molecule has 6 aliphatic rings. The average molecular weight is 970 g/mol. The van der Waals surface area contributed by atoms with Crippen molar-refractivity contribution in [3.63, 3.8) is 0 Å². The van der Waals surface area contributed by atoms with Crippen LogP contribution in [0.15, 0.2) is 11.6 Å². The summed E-state index contributed by atoms with van der Waals surface area (Å²) < 4.78 is 50.1. The van der Waals surface area contributed by atoms with Crippen LogP contribution in [-0.2, 0) is 42.6 Å². The van der Waals surface area contributed by atoms with E-state index in [-0.39, 0.29) is 5.57 Å². The van der Waals surface area contributed by atoms with Gasteiger partial charge in [0.2, 0.25) is 0 Å². The maximum absolute atomic E-state index is 11.3. The largest absolute Gasteiger partial charge is 0.394 e. The van der Waals surface area contributed by atoms with E-state index >= 15 is 0 Å². The van der Waals surface area contributed by atoms with Crippen LogP contribution >= 0.6 is 0 Å². The Kier molecular flexibility index (Phi) is 18.6. The second-order valence-electron chi connectivity index (χ2n) is 17.0. The van der Waals surface area contributed by atoms with Gasteiger partial charge in [-0.05, 0) is 12.5 Å². The van der Waals surface area contributed by atoms with Crippen LogP contribution in [0.25, 0.3) is 0 Å². The van der Waals surface area contributed by atoms with Crippen molar-refractivity contribution in [3.8, 4) is 0 Å². The molecule has 5 heterocycles. The summed E-state index contributed by atoms with van der Waals surface area (Å²) in [6.45, 7) is -2.93. The van der Waals surface area contributed by atoms with Crippen molar-refractivity contribution in [2.45, 2.75) is 185 Å². The highest BCUT2D eigenvalue weighted by Crippen LogP contribution is 2.36. The third-order valence-electron chi connectivity index (χ3n) is 12.7. The summed E-state index contributed by atoms with van der Waals surface area (Å²) >= 11 is 0. The fourth-order valence-electron chi connectivity index (χ4n) is 8.76. The Morgan fingerprint density at radius 2 is 0.864 bits per heavy atom. The number of hydrogen-bond donors (Lipinski definition) is 20. The third kappa shape index (κ3) is 10.7. The minimum atomic E-state index is -2.03. The van der Waals surface area contributed by atoms with Crippen molar-refractivity contribution < 1.29 is 140 Å². The fourth-order valence-corrected chi connectivity index (χ4v) is 8.76. The molecule has 0 bridgehead atoms. The van der Waals surface area contributed by atoms with Gasteiger partial charge in [0, 0.05) is 0 Å². The van der Waals surface area contributed by atoms with Crippen LogP contribution in [0.3, 0.4) is 0 Å². The Balaban J connectivity index is 1.07. The molecule has 5 fully saturated rings. The van der Waals surface area contributed by atoms with Gasteiger partial charge in [-0.15, -0.1) is 0 Å². The molecule has 20 N–H and O–H groups in total. The van der Waals surface area contributed by atoms with Gasteiger partial charge in [-0.3, -0.25) is 5.32 Å². The molecule has 0 aromatic carbocycles. The molecule has 0 aromatic heterocycles. The van der Waals surface area contributed by atoms with Crippen molar-refractivity contribution in [2.24, 2.45) is 0 Å². The Hall–Kier alpha value is -1.42. The summed E-state index contributed by atoms with van der Waals surface area (Å²) in [5, 5.41) is 202. The maximum Gasteiger partial charge on any atom is 0.187 e. The van der Waals surface area contributed by atoms with E-state index in [0.717, 1.165) is 0 Å². The lowest BCUT2D eigenvalue weighted by atomic mass is 9.86. The summed E-state index contributed by atoms with van der Waals surface area (Å²) in [6.07, 6.45) is -48.0. The Bertz CT molecular complexity index is 1550. The predicted molar refractivity (Wildman–Crippen MR) is 203 cm³/mol. The predicted octanol–water partition coefficient (Wildman–Crippen LogP) is -12.9. The van der Waals surface area contributed by atoms with Crippen molar-refractivity contribution in [2.75, 3.05) is 33.0 Å². The van der Waals surface area contributed by atoms with E-state index < -0.39 is 211 Å². The number of rotatable bonds is 15. The zero-order valence-corrected chi connectivity index (χ0v) is 35.0. The van der Waals surface area contributed by atoms with Gasteiger partial charge in [-0.25, -0.2) is 0 Å². The molecule has 66 heavy (non-hydrogen) atoms. The van der Waals surface area contributed by atoms with Crippen LogP contribution < -0.4 is 5.32 Å². The Morgan fingerprint density at radius 1 is 0.424 bits per heavy atom. The van der Waals surface area contributed by atoms with Crippen molar-refractivity contribution >= 4 is 0 Å². The lowest BCUT2D eigenvalue weighted by Gasteiger charge is -2.49. The number of aliphatic hydroxyl groups is 19. The topological polar surface area (TPSA) is 479 Å². The lowest BCUT2D eigenvalue weighted by Crippen LogP contribution is -2.68. The molecule has 6 rings (SSSR count). The molecule has 5 aliphatic heterocycles. The highest BCUT2D eigenvalue weighted by Gasteiger charge is 2.56. The number of ether oxygens (including phenoxy) is 9. The highest BCUT2D eigenvalue weighted by molar-refractivity contribution is 5.23. The molecule has 29 atom stereocenters. The maximum atomic E-state index is 11.3. The van der Waals surface area contributed by atoms with Crippen molar-refractivity contribution in [1.82, 2.24) is 5.32 Å². The van der Waals surface area contributed by atoms with Gasteiger partial charge >= 0.3 is 0 Å². The van der Waals surface area contributed by atoms with Crippen LogP contribution in [0.5, 0.6) is 0 Å². The Labute approximate surface area is 374 Å². The van der Waals surface area contributed by atoms with Gasteiger partial charge in [0.1, 0.15) is 141 Å². The zero-order chi connectivity index (χ0) is 48.6. The van der Waals surface area contributed by atoms with Gasteiger partial charge in [-0.2, -0.15) is 0 Å². The molecule has 5 saturated heterocycles. The van der Waals surface area contributed by atoms with Gasteiger partial charge in [0.15, 0.2) is 25.2 Å². The molecular formula is C37H63NO28. The number of nitrogens with one attached hydrogen (secondary N) is 1. The Morgan fingerprint density at radius 3 is 1.39 bits per heavy atom. The first-order chi connectivity index (χ1) is 31.2. The molecule has 1 aliphatic carbocycles. The van der Waals surface area contributed by atoms with Gasteiger partial charge < -0.3 is 140 Å². The van der Waals surface area contributed by atoms with Gasteiger partial charge in [0.25, 0.3) is 0 Å². The summed E-state index contributed by atoms with van der Waals surface area (Å²) in [7, 11) is 0. The van der Waals surface area contributed by atoms with E-state index in [2.05, 4.69) is 5.32 Å². The molecule has 0 aromatic rings. The normalized spacial score (nSPS) is 52.8. The summed E-state index contributed by atoms with van der Waals surface area (Å²) in [6, 6.07) is -1.38. The van der Waals surface area contributed by atoms with Crippen LogP contribution in [0.4, 0.5) is 0 Å². The zero-order valence-electron chi connectivity index (χ0n) is 35.0. The second-order valence-corrected chi connectivity index (χ2v) is 17.0. The van der Waals surface area contributed by atoms with Crippen LogP contribution in [0.2, 0.25) is 0 Å². The van der Waals surface area contributed by atoms with E-state index in [1.54, 1.807) is 0 Å². The third-order valence-corrected chi connectivity index (χ3v) is 12.7. The molecule has 0 spiro atoms. The van der Waals surface area contributed by atoms with E-state index in [0.29, 0.717) is 0 Å². The van der Waals surface area contributed by atoms with Gasteiger partial charge in [-0.1, -0.05) is 6.08 Å². The minimum Gasteiger partial charge on any atom is -0.394 e. The first-order valence-corrected chi connectivity index (χ1v) is 21.2. The van der Waals surface area contributed by atoms with E-state index in [9.17, 15) is 97.0 Å². The van der Waals surface area contributed by atoms with Crippen molar-refractivity contribution in [1.29, 1.82) is 0 Å². The SMILES string of the molecule is C[C@H]1O[C@H](O[C@H]2[C@H](O)[C@@H](O)[C@@H](O[C@H]3[C@H](O)[C@@H](O)[C@@H](O)O[C@@H]3CO)O[C@@H]2CO)[C@H](O)[C@@H](O)[C@@H]1O[C@@H]1C(CO)=C[C@H](N[C@H]2O[C@H](CO)[C@@H](O[C@H]3O[C@H](CO)[C@@H](O)[C@H](O)[C@H]3O)[C@H](O)[C@H]2O)[C@H](O)[C@H]1O. The first-order valence-electron chi connectivity index (χ1n) is 21.2. The quantitative estimate of drug-likeness (QED) is 0.0678. The molecule has 0 radical (unpaired) electrons. The van der Waals surface area contributed by atoms with Crippen LogP contribution in [0.1, 0.15) is 6.92 Å².